The molecule has 0 aromatic heterocycles. The molecule has 1 amide bonds. The Bertz CT molecular complexity index is 398. The molecule has 2 rings (SSSR count). The molecule has 1 atom stereocenters. The van der Waals surface area contributed by atoms with Gasteiger partial charge in [0.2, 0.25) is 5.91 Å². The molecule has 0 spiro atoms. The summed E-state index contributed by atoms with van der Waals surface area (Å²) in [5.41, 5.74) is 6.77. The molecule has 0 radical (unpaired) electrons. The molecule has 0 saturated heterocycles. The maximum atomic E-state index is 12.7. The molecule has 1 aliphatic carbocycles. The maximum absolute atomic E-state index is 12.7. The van der Waals surface area contributed by atoms with Gasteiger partial charge in [-0.3, -0.25) is 4.79 Å². The number of carbonyl (C=O) groups is 1. The van der Waals surface area contributed by atoms with Crippen LogP contribution in [0.4, 0.5) is 0 Å². The molecule has 0 heterocycles. The van der Waals surface area contributed by atoms with E-state index in [0.29, 0.717) is 19.1 Å². The number of hydrogen-bond acceptors (Lipinski definition) is 2. The van der Waals surface area contributed by atoms with Crippen LogP contribution in [0, 0.1) is 0 Å². The molecule has 1 aliphatic rings. The van der Waals surface area contributed by atoms with Gasteiger partial charge >= 0.3 is 0 Å². The zero-order chi connectivity index (χ0) is 13.7. The van der Waals surface area contributed by atoms with E-state index in [1.54, 1.807) is 0 Å². The lowest BCUT2D eigenvalue weighted by molar-refractivity contribution is -0.134. The average molecular weight is 260 g/mol. The van der Waals surface area contributed by atoms with Crippen LogP contribution < -0.4 is 5.73 Å². The number of nitrogens with zero attached hydrogens (tertiary/aromatic N) is 1. The van der Waals surface area contributed by atoms with Gasteiger partial charge in [0.15, 0.2) is 0 Å². The van der Waals surface area contributed by atoms with Gasteiger partial charge in [0.1, 0.15) is 0 Å². The summed E-state index contributed by atoms with van der Waals surface area (Å²) in [6.07, 6.45) is 4.73. The van der Waals surface area contributed by atoms with Crippen molar-refractivity contribution < 1.29 is 4.79 Å². The van der Waals surface area contributed by atoms with Crippen molar-refractivity contribution in [2.75, 3.05) is 13.1 Å². The van der Waals surface area contributed by atoms with Crippen molar-refractivity contribution in [1.82, 2.24) is 4.90 Å². The lowest BCUT2D eigenvalue weighted by Crippen LogP contribution is -2.43. The van der Waals surface area contributed by atoms with Crippen LogP contribution in [0.15, 0.2) is 30.3 Å². The minimum Gasteiger partial charge on any atom is -0.338 e. The first-order valence-electron chi connectivity index (χ1n) is 7.29. The predicted octanol–water partition coefficient (Wildman–Crippen LogP) is 2.52. The summed E-state index contributed by atoms with van der Waals surface area (Å²) in [5, 5.41) is 0. The van der Waals surface area contributed by atoms with Gasteiger partial charge in [-0.2, -0.15) is 0 Å². The van der Waals surface area contributed by atoms with Crippen molar-refractivity contribution in [2.24, 2.45) is 5.73 Å². The molecule has 104 valence electrons. The van der Waals surface area contributed by atoms with Crippen molar-refractivity contribution in [3.05, 3.63) is 35.9 Å². The van der Waals surface area contributed by atoms with Crippen molar-refractivity contribution in [3.8, 4) is 0 Å². The van der Waals surface area contributed by atoms with Crippen LogP contribution in [-0.4, -0.2) is 29.9 Å². The third-order valence-corrected chi connectivity index (χ3v) is 4.09. The highest BCUT2D eigenvalue weighted by molar-refractivity contribution is 5.83. The van der Waals surface area contributed by atoms with Gasteiger partial charge in [0, 0.05) is 19.1 Å². The Morgan fingerprint density at radius 2 is 1.95 bits per heavy atom. The second-order valence-electron chi connectivity index (χ2n) is 5.39. The zero-order valence-corrected chi connectivity index (χ0v) is 11.7. The van der Waals surface area contributed by atoms with E-state index in [1.807, 2.05) is 42.2 Å². The molecular formula is C16H24N2O. The van der Waals surface area contributed by atoms with Crippen molar-refractivity contribution in [2.45, 2.75) is 44.6 Å². The molecule has 3 nitrogen and oxygen atoms in total. The summed E-state index contributed by atoms with van der Waals surface area (Å²) < 4.78 is 0. The number of amides is 1. The first-order valence-corrected chi connectivity index (χ1v) is 7.29. The molecule has 1 aromatic rings. The van der Waals surface area contributed by atoms with Gasteiger partial charge in [-0.25, -0.2) is 0 Å². The quantitative estimate of drug-likeness (QED) is 0.884. The van der Waals surface area contributed by atoms with Crippen LogP contribution in [0.1, 0.15) is 44.1 Å². The fourth-order valence-corrected chi connectivity index (χ4v) is 2.96. The van der Waals surface area contributed by atoms with Crippen LogP contribution in [0.2, 0.25) is 0 Å². The molecule has 1 aromatic carbocycles. The van der Waals surface area contributed by atoms with E-state index in [9.17, 15) is 4.79 Å². The molecule has 3 heteroatoms. The van der Waals surface area contributed by atoms with Crippen LogP contribution in [0.25, 0.3) is 0 Å². The third-order valence-electron chi connectivity index (χ3n) is 4.09. The Morgan fingerprint density at radius 3 is 2.53 bits per heavy atom. The number of rotatable bonds is 5. The van der Waals surface area contributed by atoms with E-state index in [1.165, 1.54) is 12.8 Å². The topological polar surface area (TPSA) is 46.3 Å². The average Bonchev–Trinajstić information content (AvgIpc) is 2.98. The molecular weight excluding hydrogens is 236 g/mol. The normalized spacial score (nSPS) is 17.4. The van der Waals surface area contributed by atoms with Crippen LogP contribution in [-0.2, 0) is 4.79 Å². The van der Waals surface area contributed by atoms with E-state index >= 15 is 0 Å². The Morgan fingerprint density at radius 1 is 1.32 bits per heavy atom. The Balaban J connectivity index is 2.10. The molecule has 0 bridgehead atoms. The van der Waals surface area contributed by atoms with Crippen molar-refractivity contribution in [1.29, 1.82) is 0 Å². The molecule has 1 unspecified atom stereocenters. The fourth-order valence-electron chi connectivity index (χ4n) is 2.96. The maximum Gasteiger partial charge on any atom is 0.230 e. The summed E-state index contributed by atoms with van der Waals surface area (Å²) >= 11 is 0. The smallest absolute Gasteiger partial charge is 0.230 e. The number of hydrogen-bond donors (Lipinski definition) is 1. The van der Waals surface area contributed by atoms with Gasteiger partial charge in [0.05, 0.1) is 5.92 Å². The highest BCUT2D eigenvalue weighted by atomic mass is 16.2. The Labute approximate surface area is 115 Å². The summed E-state index contributed by atoms with van der Waals surface area (Å²) in [4.78, 5) is 14.7. The predicted molar refractivity (Wildman–Crippen MR) is 77.9 cm³/mol. The van der Waals surface area contributed by atoms with Gasteiger partial charge in [-0.05, 0) is 25.3 Å². The van der Waals surface area contributed by atoms with Crippen LogP contribution in [0.5, 0.6) is 0 Å². The summed E-state index contributed by atoms with van der Waals surface area (Å²) in [6, 6.07) is 10.4. The highest BCUT2D eigenvalue weighted by Gasteiger charge is 2.29. The summed E-state index contributed by atoms with van der Waals surface area (Å²) in [5.74, 6) is 0.150. The van der Waals surface area contributed by atoms with Crippen molar-refractivity contribution >= 4 is 5.91 Å². The number of benzene rings is 1. The Kier molecular flexibility index (Phi) is 4.97. The van der Waals surface area contributed by atoms with E-state index in [0.717, 1.165) is 18.4 Å². The van der Waals surface area contributed by atoms with E-state index in [-0.39, 0.29) is 11.8 Å². The minimum absolute atomic E-state index is 0.0756. The largest absolute Gasteiger partial charge is 0.338 e. The minimum atomic E-state index is -0.0756. The lowest BCUT2D eigenvalue weighted by atomic mass is 9.98. The van der Waals surface area contributed by atoms with E-state index in [2.05, 4.69) is 0 Å². The number of nitrogens with two attached hydrogens (primary N) is 1. The lowest BCUT2D eigenvalue weighted by Gasteiger charge is -2.31. The Hall–Kier alpha value is -1.35. The van der Waals surface area contributed by atoms with E-state index in [4.69, 9.17) is 5.73 Å². The molecule has 2 N–H and O–H groups in total. The van der Waals surface area contributed by atoms with Gasteiger partial charge < -0.3 is 10.6 Å². The molecule has 0 aliphatic heterocycles. The molecule has 1 saturated carbocycles. The molecule has 1 fully saturated rings. The SMILES string of the molecule is CC(C(=O)N(CCN)C1CCCC1)c1ccccc1. The van der Waals surface area contributed by atoms with Gasteiger partial charge in [-0.1, -0.05) is 43.2 Å². The monoisotopic (exact) mass is 260 g/mol. The molecule has 19 heavy (non-hydrogen) atoms. The number of carbonyl (C=O) groups excluding carboxylic acids is 1. The summed E-state index contributed by atoms with van der Waals surface area (Å²) in [6.45, 7) is 3.22. The first kappa shape index (κ1) is 14.1. The summed E-state index contributed by atoms with van der Waals surface area (Å²) in [7, 11) is 0. The second-order valence-corrected chi connectivity index (χ2v) is 5.39. The highest BCUT2D eigenvalue weighted by Crippen LogP contribution is 2.26. The zero-order valence-electron chi connectivity index (χ0n) is 11.7. The third kappa shape index (κ3) is 3.35. The van der Waals surface area contributed by atoms with E-state index < -0.39 is 0 Å². The van der Waals surface area contributed by atoms with Gasteiger partial charge in [-0.15, -0.1) is 0 Å². The fraction of sp³-hybridized carbons (Fsp3) is 0.562. The second kappa shape index (κ2) is 6.71. The van der Waals surface area contributed by atoms with Crippen LogP contribution >= 0.6 is 0 Å². The van der Waals surface area contributed by atoms with Gasteiger partial charge in [0.25, 0.3) is 0 Å². The van der Waals surface area contributed by atoms with Crippen LogP contribution in [0.3, 0.4) is 0 Å². The van der Waals surface area contributed by atoms with Crippen molar-refractivity contribution in [3.63, 3.8) is 0 Å². The first-order chi connectivity index (χ1) is 9.24. The standard InChI is InChI=1S/C16H24N2O/c1-13(14-7-3-2-4-8-14)16(19)18(12-11-17)15-9-5-6-10-15/h2-4,7-8,13,15H,5-6,9-12,17H2,1H3.